The summed E-state index contributed by atoms with van der Waals surface area (Å²) in [6.07, 6.45) is 1.38. The standard InChI is InChI=1S/C9H14O4/c1-8(2)9(11)13-6-4-3-5-12-7-10/h7H,1,3-6H2,2H3. The summed E-state index contributed by atoms with van der Waals surface area (Å²) in [6.45, 7) is 6.15. The van der Waals surface area contributed by atoms with Crippen molar-refractivity contribution in [3.8, 4) is 0 Å². The van der Waals surface area contributed by atoms with Crippen molar-refractivity contribution in [3.63, 3.8) is 0 Å². The van der Waals surface area contributed by atoms with Crippen molar-refractivity contribution >= 4 is 12.4 Å². The van der Waals surface area contributed by atoms with E-state index >= 15 is 0 Å². The lowest BCUT2D eigenvalue weighted by molar-refractivity contribution is -0.139. The Bertz CT molecular complexity index is 186. The maximum Gasteiger partial charge on any atom is 0.333 e. The summed E-state index contributed by atoms with van der Waals surface area (Å²) in [5, 5.41) is 0. The molecular formula is C9H14O4. The van der Waals surface area contributed by atoms with Crippen LogP contribution in [0.5, 0.6) is 0 Å². The van der Waals surface area contributed by atoms with Gasteiger partial charge in [-0.15, -0.1) is 0 Å². The zero-order valence-corrected chi connectivity index (χ0v) is 7.75. The Balaban J connectivity index is 3.21. The molecule has 0 aromatic carbocycles. The first kappa shape index (κ1) is 11.7. The molecule has 0 aliphatic carbocycles. The van der Waals surface area contributed by atoms with Gasteiger partial charge in [-0.3, -0.25) is 4.79 Å². The molecule has 74 valence electrons. The molecule has 0 aliphatic rings. The molecule has 0 heterocycles. The van der Waals surface area contributed by atoms with Gasteiger partial charge in [0.05, 0.1) is 13.2 Å². The number of esters is 1. The van der Waals surface area contributed by atoms with Crippen LogP contribution in [-0.4, -0.2) is 25.7 Å². The largest absolute Gasteiger partial charge is 0.468 e. The lowest BCUT2D eigenvalue weighted by atomic mass is 10.3. The van der Waals surface area contributed by atoms with E-state index in [1.807, 2.05) is 0 Å². The smallest absolute Gasteiger partial charge is 0.333 e. The average Bonchev–Trinajstić information content (AvgIpc) is 2.10. The zero-order chi connectivity index (χ0) is 10.1. The number of hydrogen-bond donors (Lipinski definition) is 0. The van der Waals surface area contributed by atoms with Crippen molar-refractivity contribution in [2.45, 2.75) is 19.8 Å². The molecule has 0 fully saturated rings. The SMILES string of the molecule is C=C(C)C(=O)OCCCCOC=O. The molecule has 0 unspecified atom stereocenters. The fourth-order valence-electron chi connectivity index (χ4n) is 0.624. The number of carbonyl (C=O) groups excluding carboxylic acids is 2. The van der Waals surface area contributed by atoms with E-state index < -0.39 is 0 Å². The molecule has 0 aromatic heterocycles. The van der Waals surface area contributed by atoms with Crippen LogP contribution in [0, 0.1) is 0 Å². The predicted octanol–water partition coefficient (Wildman–Crippen LogP) is 1.06. The van der Waals surface area contributed by atoms with Crippen molar-refractivity contribution < 1.29 is 19.1 Å². The van der Waals surface area contributed by atoms with Crippen LogP contribution in [0.15, 0.2) is 12.2 Å². The van der Waals surface area contributed by atoms with Crippen LogP contribution in [0.25, 0.3) is 0 Å². The number of carbonyl (C=O) groups is 2. The Morgan fingerprint density at radius 3 is 2.54 bits per heavy atom. The second-order valence-corrected chi connectivity index (χ2v) is 2.59. The van der Waals surface area contributed by atoms with Gasteiger partial charge in [-0.2, -0.15) is 0 Å². The normalized spacial score (nSPS) is 9.00. The van der Waals surface area contributed by atoms with Gasteiger partial charge in [-0.1, -0.05) is 6.58 Å². The minimum absolute atomic E-state index is 0.341. The lowest BCUT2D eigenvalue weighted by Crippen LogP contribution is -2.06. The molecule has 0 saturated heterocycles. The third-order valence-electron chi connectivity index (χ3n) is 1.31. The Morgan fingerprint density at radius 2 is 2.00 bits per heavy atom. The van der Waals surface area contributed by atoms with Crippen molar-refractivity contribution in [1.82, 2.24) is 0 Å². The third-order valence-corrected chi connectivity index (χ3v) is 1.31. The zero-order valence-electron chi connectivity index (χ0n) is 7.75. The van der Waals surface area contributed by atoms with Gasteiger partial charge in [0.15, 0.2) is 0 Å². The molecule has 0 amide bonds. The van der Waals surface area contributed by atoms with Crippen LogP contribution in [0.1, 0.15) is 19.8 Å². The summed E-state index contributed by atoms with van der Waals surface area (Å²) >= 11 is 0. The summed E-state index contributed by atoms with van der Waals surface area (Å²) in [4.78, 5) is 20.5. The lowest BCUT2D eigenvalue weighted by Gasteiger charge is -2.03. The van der Waals surface area contributed by atoms with E-state index in [-0.39, 0.29) is 5.97 Å². The summed E-state index contributed by atoms with van der Waals surface area (Å²) in [5.74, 6) is -0.378. The molecular weight excluding hydrogens is 172 g/mol. The molecule has 13 heavy (non-hydrogen) atoms. The molecule has 0 aliphatic heterocycles. The second kappa shape index (κ2) is 7.34. The number of ether oxygens (including phenoxy) is 2. The minimum atomic E-state index is -0.378. The number of hydrogen-bond acceptors (Lipinski definition) is 4. The molecule has 4 nitrogen and oxygen atoms in total. The van der Waals surface area contributed by atoms with Crippen LogP contribution in [-0.2, 0) is 19.1 Å². The van der Waals surface area contributed by atoms with Gasteiger partial charge in [0.25, 0.3) is 6.47 Å². The van der Waals surface area contributed by atoms with Crippen molar-refractivity contribution in [2.24, 2.45) is 0 Å². The van der Waals surface area contributed by atoms with E-state index in [4.69, 9.17) is 4.74 Å². The molecule has 0 atom stereocenters. The minimum Gasteiger partial charge on any atom is -0.468 e. The maximum absolute atomic E-state index is 10.8. The van der Waals surface area contributed by atoms with Crippen LogP contribution in [0.4, 0.5) is 0 Å². The molecule has 0 saturated carbocycles. The van der Waals surface area contributed by atoms with Crippen molar-refractivity contribution in [3.05, 3.63) is 12.2 Å². The molecule has 0 spiro atoms. The van der Waals surface area contributed by atoms with Crippen LogP contribution < -0.4 is 0 Å². The van der Waals surface area contributed by atoms with Crippen molar-refractivity contribution in [1.29, 1.82) is 0 Å². The van der Waals surface area contributed by atoms with E-state index in [1.165, 1.54) is 0 Å². The van der Waals surface area contributed by atoms with Gasteiger partial charge in [0, 0.05) is 5.57 Å². The molecule has 0 N–H and O–H groups in total. The van der Waals surface area contributed by atoms with E-state index in [1.54, 1.807) is 6.92 Å². The van der Waals surface area contributed by atoms with Crippen LogP contribution in [0.2, 0.25) is 0 Å². The average molecular weight is 186 g/mol. The molecule has 0 radical (unpaired) electrons. The molecule has 0 bridgehead atoms. The van der Waals surface area contributed by atoms with Gasteiger partial charge >= 0.3 is 5.97 Å². The first-order chi connectivity index (χ1) is 6.18. The van der Waals surface area contributed by atoms with Crippen LogP contribution in [0.3, 0.4) is 0 Å². The summed E-state index contributed by atoms with van der Waals surface area (Å²) in [7, 11) is 0. The predicted molar refractivity (Wildman–Crippen MR) is 47.0 cm³/mol. The number of rotatable bonds is 7. The fourth-order valence-corrected chi connectivity index (χ4v) is 0.624. The highest BCUT2D eigenvalue weighted by Gasteiger charge is 2.01. The van der Waals surface area contributed by atoms with Gasteiger partial charge in [-0.05, 0) is 19.8 Å². The Labute approximate surface area is 77.5 Å². The molecule has 0 aromatic rings. The third kappa shape index (κ3) is 7.05. The Morgan fingerprint density at radius 1 is 1.38 bits per heavy atom. The summed E-state index contributed by atoms with van der Waals surface area (Å²) < 4.78 is 9.25. The first-order valence-electron chi connectivity index (χ1n) is 4.06. The van der Waals surface area contributed by atoms with Crippen molar-refractivity contribution in [2.75, 3.05) is 13.2 Å². The topological polar surface area (TPSA) is 52.6 Å². The highest BCUT2D eigenvalue weighted by atomic mass is 16.5. The Kier molecular flexibility index (Phi) is 6.59. The Hall–Kier alpha value is -1.32. The molecule has 0 rings (SSSR count). The summed E-state index contributed by atoms with van der Waals surface area (Å²) in [6, 6.07) is 0. The molecule has 4 heteroatoms. The van der Waals surface area contributed by atoms with Gasteiger partial charge < -0.3 is 9.47 Å². The van der Waals surface area contributed by atoms with Crippen LogP contribution >= 0.6 is 0 Å². The van der Waals surface area contributed by atoms with E-state index in [0.29, 0.717) is 38.1 Å². The second-order valence-electron chi connectivity index (χ2n) is 2.59. The first-order valence-corrected chi connectivity index (χ1v) is 4.06. The van der Waals surface area contributed by atoms with E-state index in [9.17, 15) is 9.59 Å². The van der Waals surface area contributed by atoms with Gasteiger partial charge in [0.2, 0.25) is 0 Å². The monoisotopic (exact) mass is 186 g/mol. The highest BCUT2D eigenvalue weighted by molar-refractivity contribution is 5.86. The highest BCUT2D eigenvalue weighted by Crippen LogP contribution is 1.95. The maximum atomic E-state index is 10.8. The van der Waals surface area contributed by atoms with Gasteiger partial charge in [0.1, 0.15) is 0 Å². The summed E-state index contributed by atoms with van der Waals surface area (Å²) in [5.41, 5.74) is 0.393. The van der Waals surface area contributed by atoms with Gasteiger partial charge in [-0.25, -0.2) is 4.79 Å². The van der Waals surface area contributed by atoms with E-state index in [0.717, 1.165) is 0 Å². The fraction of sp³-hybridized carbons (Fsp3) is 0.556. The van der Waals surface area contributed by atoms with E-state index in [2.05, 4.69) is 11.3 Å². The quantitative estimate of drug-likeness (QED) is 0.258. The number of unbranched alkanes of at least 4 members (excludes halogenated alkanes) is 1.